The number of hydrogen-bond acceptors (Lipinski definition) is 3. The minimum absolute atomic E-state index is 0.129. The number of nitrogens with one attached hydrogen (secondary N) is 1. The molecule has 0 radical (unpaired) electrons. The molecule has 1 saturated carbocycles. The van der Waals surface area contributed by atoms with E-state index in [1.165, 1.54) is 0 Å². The number of amides is 1. The lowest BCUT2D eigenvalue weighted by Gasteiger charge is -2.33. The molecule has 2 aliphatic rings. The van der Waals surface area contributed by atoms with E-state index in [1.54, 1.807) is 0 Å². The predicted molar refractivity (Wildman–Crippen MR) is 68.5 cm³/mol. The van der Waals surface area contributed by atoms with Crippen molar-refractivity contribution in [3.63, 3.8) is 0 Å². The summed E-state index contributed by atoms with van der Waals surface area (Å²) < 4.78 is 0. The minimum Gasteiger partial charge on any atom is -0.352 e. The first kappa shape index (κ1) is 12.8. The Labute approximate surface area is 104 Å². The highest BCUT2D eigenvalue weighted by Gasteiger charge is 2.34. The summed E-state index contributed by atoms with van der Waals surface area (Å²) in [5.74, 6) is 0.681. The van der Waals surface area contributed by atoms with Crippen molar-refractivity contribution in [2.24, 2.45) is 17.6 Å². The SMILES string of the molecule is CC1C(N)CCCC1C(=O)NC1CCN(C)C1. The fourth-order valence-electron chi connectivity index (χ4n) is 3.13. The predicted octanol–water partition coefficient (Wildman–Crippen LogP) is 0.570. The van der Waals surface area contributed by atoms with Gasteiger partial charge in [-0.2, -0.15) is 0 Å². The summed E-state index contributed by atoms with van der Waals surface area (Å²) in [4.78, 5) is 14.5. The molecular formula is C13H25N3O. The van der Waals surface area contributed by atoms with Gasteiger partial charge in [-0.15, -0.1) is 0 Å². The molecule has 17 heavy (non-hydrogen) atoms. The Morgan fingerprint density at radius 2 is 2.12 bits per heavy atom. The molecule has 4 heteroatoms. The average molecular weight is 239 g/mol. The molecule has 4 atom stereocenters. The summed E-state index contributed by atoms with van der Waals surface area (Å²) in [6.07, 6.45) is 4.24. The molecule has 2 fully saturated rings. The van der Waals surface area contributed by atoms with Gasteiger partial charge < -0.3 is 16.0 Å². The van der Waals surface area contributed by atoms with E-state index in [0.717, 1.165) is 38.8 Å². The summed E-state index contributed by atoms with van der Waals surface area (Å²) in [5.41, 5.74) is 6.05. The van der Waals surface area contributed by atoms with Crippen LogP contribution in [0.5, 0.6) is 0 Å². The first-order chi connectivity index (χ1) is 8.08. The minimum atomic E-state index is 0.129. The van der Waals surface area contributed by atoms with Gasteiger partial charge in [-0.25, -0.2) is 0 Å². The van der Waals surface area contributed by atoms with Crippen LogP contribution in [0, 0.1) is 11.8 Å². The maximum Gasteiger partial charge on any atom is 0.223 e. The Balaban J connectivity index is 1.86. The van der Waals surface area contributed by atoms with Gasteiger partial charge >= 0.3 is 0 Å². The molecule has 0 aromatic rings. The molecule has 0 bridgehead atoms. The summed E-state index contributed by atoms with van der Waals surface area (Å²) in [6, 6.07) is 0.545. The largest absolute Gasteiger partial charge is 0.352 e. The van der Waals surface area contributed by atoms with Crippen molar-refractivity contribution >= 4 is 5.91 Å². The summed E-state index contributed by atoms with van der Waals surface area (Å²) in [6.45, 7) is 4.19. The number of nitrogens with two attached hydrogens (primary N) is 1. The molecule has 4 nitrogen and oxygen atoms in total. The standard InChI is InChI=1S/C13H25N3O/c1-9-11(4-3-5-12(9)14)13(17)15-10-6-7-16(2)8-10/h9-12H,3-8,14H2,1-2H3,(H,15,17). The van der Waals surface area contributed by atoms with Crippen LogP contribution in [0.15, 0.2) is 0 Å². The van der Waals surface area contributed by atoms with Crippen LogP contribution in [0.1, 0.15) is 32.6 Å². The number of carbonyl (C=O) groups excluding carboxylic acids is 1. The number of likely N-dealkylation sites (N-methyl/N-ethyl adjacent to an activating group) is 1. The van der Waals surface area contributed by atoms with E-state index in [0.29, 0.717) is 12.0 Å². The lowest BCUT2D eigenvalue weighted by atomic mass is 9.77. The number of nitrogens with zero attached hydrogens (tertiary/aromatic N) is 1. The molecule has 1 heterocycles. The molecule has 98 valence electrons. The van der Waals surface area contributed by atoms with E-state index in [2.05, 4.69) is 24.2 Å². The van der Waals surface area contributed by atoms with E-state index in [-0.39, 0.29) is 17.9 Å². The van der Waals surface area contributed by atoms with Crippen LogP contribution in [0.3, 0.4) is 0 Å². The van der Waals surface area contributed by atoms with Gasteiger partial charge in [0.2, 0.25) is 5.91 Å². The van der Waals surface area contributed by atoms with Crippen molar-refractivity contribution < 1.29 is 4.79 Å². The van der Waals surface area contributed by atoms with Gasteiger partial charge in [0.05, 0.1) is 0 Å². The van der Waals surface area contributed by atoms with Crippen molar-refractivity contribution in [3.8, 4) is 0 Å². The van der Waals surface area contributed by atoms with Crippen LogP contribution in [0.25, 0.3) is 0 Å². The first-order valence-corrected chi connectivity index (χ1v) is 6.82. The fraction of sp³-hybridized carbons (Fsp3) is 0.923. The molecule has 2 rings (SSSR count). The van der Waals surface area contributed by atoms with E-state index in [1.807, 2.05) is 0 Å². The number of carbonyl (C=O) groups is 1. The normalized spacial score (nSPS) is 39.2. The topological polar surface area (TPSA) is 58.4 Å². The number of rotatable bonds is 2. The smallest absolute Gasteiger partial charge is 0.223 e. The second kappa shape index (κ2) is 5.36. The van der Waals surface area contributed by atoms with Gasteiger partial charge in [0.25, 0.3) is 0 Å². The van der Waals surface area contributed by atoms with Gasteiger partial charge in [-0.1, -0.05) is 13.3 Å². The Morgan fingerprint density at radius 1 is 1.35 bits per heavy atom. The average Bonchev–Trinajstić information content (AvgIpc) is 2.68. The third kappa shape index (κ3) is 2.99. The molecule has 3 N–H and O–H groups in total. The van der Waals surface area contributed by atoms with Crippen molar-refractivity contribution in [2.45, 2.75) is 44.7 Å². The van der Waals surface area contributed by atoms with E-state index < -0.39 is 0 Å². The Bertz CT molecular complexity index is 282. The van der Waals surface area contributed by atoms with Crippen molar-refractivity contribution in [3.05, 3.63) is 0 Å². The molecule has 0 spiro atoms. The highest BCUT2D eigenvalue weighted by atomic mass is 16.2. The second-order valence-corrected chi connectivity index (χ2v) is 5.82. The summed E-state index contributed by atoms with van der Waals surface area (Å²) in [7, 11) is 2.10. The van der Waals surface area contributed by atoms with Gasteiger partial charge in [0.15, 0.2) is 0 Å². The molecule has 1 saturated heterocycles. The molecule has 0 aromatic carbocycles. The number of likely N-dealkylation sites (tertiary alicyclic amines) is 1. The van der Waals surface area contributed by atoms with Crippen LogP contribution in [-0.2, 0) is 4.79 Å². The van der Waals surface area contributed by atoms with E-state index in [4.69, 9.17) is 5.73 Å². The lowest BCUT2D eigenvalue weighted by Crippen LogP contribution is -2.47. The van der Waals surface area contributed by atoms with Crippen molar-refractivity contribution in [1.29, 1.82) is 0 Å². The van der Waals surface area contributed by atoms with E-state index in [9.17, 15) is 4.79 Å². The highest BCUT2D eigenvalue weighted by molar-refractivity contribution is 5.79. The third-order valence-corrected chi connectivity index (χ3v) is 4.44. The van der Waals surface area contributed by atoms with Crippen LogP contribution < -0.4 is 11.1 Å². The van der Waals surface area contributed by atoms with Crippen LogP contribution in [0.2, 0.25) is 0 Å². The van der Waals surface area contributed by atoms with Gasteiger partial charge in [-0.05, 0) is 38.8 Å². The summed E-state index contributed by atoms with van der Waals surface area (Å²) in [5, 5.41) is 3.19. The van der Waals surface area contributed by atoms with Gasteiger partial charge in [0, 0.05) is 24.5 Å². The maximum absolute atomic E-state index is 12.2. The molecule has 4 unspecified atom stereocenters. The van der Waals surface area contributed by atoms with Gasteiger partial charge in [-0.3, -0.25) is 4.79 Å². The van der Waals surface area contributed by atoms with Crippen molar-refractivity contribution in [2.75, 3.05) is 20.1 Å². The number of hydrogen-bond donors (Lipinski definition) is 2. The zero-order valence-electron chi connectivity index (χ0n) is 11.0. The quantitative estimate of drug-likeness (QED) is 0.741. The second-order valence-electron chi connectivity index (χ2n) is 5.82. The Hall–Kier alpha value is -0.610. The molecular weight excluding hydrogens is 214 g/mol. The molecule has 0 aromatic heterocycles. The van der Waals surface area contributed by atoms with E-state index >= 15 is 0 Å². The lowest BCUT2D eigenvalue weighted by molar-refractivity contribution is -0.128. The molecule has 1 aliphatic carbocycles. The zero-order chi connectivity index (χ0) is 12.4. The zero-order valence-corrected chi connectivity index (χ0v) is 11.0. The maximum atomic E-state index is 12.2. The fourth-order valence-corrected chi connectivity index (χ4v) is 3.13. The third-order valence-electron chi connectivity index (χ3n) is 4.44. The Kier molecular flexibility index (Phi) is 4.05. The van der Waals surface area contributed by atoms with Crippen molar-refractivity contribution in [1.82, 2.24) is 10.2 Å². The molecule has 1 aliphatic heterocycles. The van der Waals surface area contributed by atoms with Crippen LogP contribution in [-0.4, -0.2) is 43.0 Å². The Morgan fingerprint density at radius 3 is 2.76 bits per heavy atom. The van der Waals surface area contributed by atoms with Gasteiger partial charge in [0.1, 0.15) is 0 Å². The van der Waals surface area contributed by atoms with Crippen LogP contribution in [0.4, 0.5) is 0 Å². The molecule has 1 amide bonds. The monoisotopic (exact) mass is 239 g/mol. The first-order valence-electron chi connectivity index (χ1n) is 6.82. The summed E-state index contributed by atoms with van der Waals surface area (Å²) >= 11 is 0. The van der Waals surface area contributed by atoms with Crippen LogP contribution >= 0.6 is 0 Å². The highest BCUT2D eigenvalue weighted by Crippen LogP contribution is 2.29.